The molecule has 0 atom stereocenters. The van der Waals surface area contributed by atoms with Gasteiger partial charge in [0, 0.05) is 0 Å². The van der Waals surface area contributed by atoms with Crippen LogP contribution in [0.2, 0.25) is 0 Å². The Hall–Kier alpha value is 1.71. The fourth-order valence-electron chi connectivity index (χ4n) is 0.291. The van der Waals surface area contributed by atoms with E-state index in [1.165, 1.54) is 0 Å². The second kappa shape index (κ2) is 10.2. The SMILES string of the molecule is Nc1cccs1.OCl.[Cl][Sn]([Cl])([Cl])[Cl]. The molecule has 1 heterocycles. The quantitative estimate of drug-likeness (QED) is 0.637. The number of thiophene rings is 1. The fourth-order valence-corrected chi connectivity index (χ4v) is 0.763. The molecule has 0 fully saturated rings. The van der Waals surface area contributed by atoms with Gasteiger partial charge in [0.1, 0.15) is 0 Å². The number of nitrogens with two attached hydrogens (primary N) is 1. The Morgan fingerprint density at radius 3 is 1.69 bits per heavy atom. The monoisotopic (exact) mass is 411 g/mol. The van der Waals surface area contributed by atoms with Gasteiger partial charge in [-0.1, -0.05) is 0 Å². The summed E-state index contributed by atoms with van der Waals surface area (Å²) in [6.45, 7) is 0. The van der Waals surface area contributed by atoms with Gasteiger partial charge in [-0.05, 0) is 17.5 Å². The summed E-state index contributed by atoms with van der Waals surface area (Å²) in [6, 6.07) is 3.81. The van der Waals surface area contributed by atoms with Gasteiger partial charge in [-0.25, -0.2) is 0 Å². The van der Waals surface area contributed by atoms with Gasteiger partial charge < -0.3 is 5.73 Å². The molecule has 2 nitrogen and oxygen atoms in total. The first kappa shape index (κ1) is 17.1. The van der Waals surface area contributed by atoms with Crippen molar-refractivity contribution in [2.24, 2.45) is 0 Å². The van der Waals surface area contributed by atoms with E-state index in [9.17, 15) is 0 Å². The van der Waals surface area contributed by atoms with Crippen molar-refractivity contribution >= 4 is 77.8 Å². The van der Waals surface area contributed by atoms with E-state index in [1.54, 1.807) is 11.3 Å². The molecule has 0 saturated heterocycles. The van der Waals surface area contributed by atoms with E-state index in [2.05, 4.69) is 11.9 Å². The zero-order valence-corrected chi connectivity index (χ0v) is 13.5. The zero-order chi connectivity index (χ0) is 10.9. The number of hydrogen-bond acceptors (Lipinski definition) is 3. The molecule has 0 aliphatic heterocycles. The molecule has 1 rings (SSSR count). The summed E-state index contributed by atoms with van der Waals surface area (Å²) in [5.41, 5.74) is 5.30. The molecule has 0 radical (unpaired) electrons. The number of halogens is 5. The van der Waals surface area contributed by atoms with E-state index in [4.69, 9.17) is 46.1 Å². The van der Waals surface area contributed by atoms with Crippen LogP contribution in [0, 0.1) is 0 Å². The van der Waals surface area contributed by atoms with Gasteiger partial charge in [-0.2, -0.15) is 0 Å². The first-order valence-electron chi connectivity index (χ1n) is 2.61. The van der Waals surface area contributed by atoms with Crippen LogP contribution >= 0.6 is 58.9 Å². The standard InChI is InChI=1S/C4H5NS.ClHO.4ClH.Sn/c5-4-2-1-3-6-4;1-2;;;;;/h1-3H,5H2;2H;4*1H;/q;;;;;;+4/p-4. The second-order valence-corrected chi connectivity index (χ2v) is 27.9. The molecule has 0 unspecified atom stereocenters. The van der Waals surface area contributed by atoms with Gasteiger partial charge in [-0.15, -0.1) is 11.3 Å². The topological polar surface area (TPSA) is 46.2 Å². The molecule has 0 aliphatic carbocycles. The van der Waals surface area contributed by atoms with Gasteiger partial charge in [0.05, 0.1) is 16.9 Å². The number of hydrogen-bond donors (Lipinski definition) is 2. The van der Waals surface area contributed by atoms with E-state index in [0.717, 1.165) is 5.00 Å². The summed E-state index contributed by atoms with van der Waals surface area (Å²) in [5, 5.41) is 2.84. The molecule has 0 spiro atoms. The van der Waals surface area contributed by atoms with Crippen LogP contribution in [0.4, 0.5) is 5.00 Å². The zero-order valence-electron chi connectivity index (χ0n) is 6.05. The van der Waals surface area contributed by atoms with E-state index >= 15 is 0 Å². The molecule has 0 saturated carbocycles. The normalized spacial score (nSPS) is 9.08. The van der Waals surface area contributed by atoms with Crippen molar-refractivity contribution in [2.45, 2.75) is 0 Å². The van der Waals surface area contributed by atoms with Crippen LogP contribution in [0.25, 0.3) is 0 Å². The van der Waals surface area contributed by atoms with Crippen LogP contribution in [0.15, 0.2) is 17.5 Å². The predicted molar refractivity (Wildman–Crippen MR) is 66.0 cm³/mol. The third kappa shape index (κ3) is 24.8. The van der Waals surface area contributed by atoms with Crippen molar-refractivity contribution in [3.63, 3.8) is 0 Å². The molecule has 1 aromatic heterocycles. The summed E-state index contributed by atoms with van der Waals surface area (Å²) in [6.07, 6.45) is 0. The summed E-state index contributed by atoms with van der Waals surface area (Å²) in [4.78, 5) is 0. The molecule has 0 bridgehead atoms. The minimum atomic E-state index is -3.29. The molecule has 1 aromatic rings. The summed E-state index contributed by atoms with van der Waals surface area (Å²) in [5.74, 6) is 0. The Balaban J connectivity index is 0. The Bertz CT molecular complexity index is 185. The van der Waals surface area contributed by atoms with Crippen molar-refractivity contribution in [1.82, 2.24) is 0 Å². The van der Waals surface area contributed by atoms with E-state index in [-0.39, 0.29) is 0 Å². The van der Waals surface area contributed by atoms with Crippen molar-refractivity contribution in [3.05, 3.63) is 17.5 Å². The van der Waals surface area contributed by atoms with Crippen LogP contribution in [0.1, 0.15) is 0 Å². The number of nitrogen functional groups attached to an aromatic ring is 1. The molecule has 3 N–H and O–H groups in total. The van der Waals surface area contributed by atoms with E-state index in [1.807, 2.05) is 17.5 Å². The second-order valence-electron chi connectivity index (χ2n) is 1.44. The minimum absolute atomic E-state index is 0.884. The number of rotatable bonds is 0. The van der Waals surface area contributed by atoms with E-state index < -0.39 is 13.9 Å². The van der Waals surface area contributed by atoms with Crippen molar-refractivity contribution in [3.8, 4) is 0 Å². The van der Waals surface area contributed by atoms with Crippen LogP contribution in [0.5, 0.6) is 0 Å². The van der Waals surface area contributed by atoms with Gasteiger partial charge in [-0.3, -0.25) is 4.66 Å². The maximum atomic E-state index is 6.47. The van der Waals surface area contributed by atoms with Crippen molar-refractivity contribution in [1.29, 1.82) is 0 Å². The predicted octanol–water partition coefficient (Wildman–Crippen LogP) is 3.84. The molecule has 78 valence electrons. The molecule has 9 heteroatoms. The third-order valence-corrected chi connectivity index (χ3v) is 1.24. The van der Waals surface area contributed by atoms with Crippen LogP contribution in [0.3, 0.4) is 0 Å². The summed E-state index contributed by atoms with van der Waals surface area (Å²) >= 11 is 1.90. The Kier molecular flexibility index (Phi) is 13.5. The third-order valence-electron chi connectivity index (χ3n) is 0.543. The average Bonchev–Trinajstić information content (AvgIpc) is 2.40. The molecule has 0 amide bonds. The van der Waals surface area contributed by atoms with Crippen molar-refractivity contribution < 1.29 is 4.66 Å². The fraction of sp³-hybridized carbons (Fsp3) is 0. The first-order valence-corrected chi connectivity index (χ1v) is 18.3. The molecule has 0 aliphatic rings. The van der Waals surface area contributed by atoms with Crippen LogP contribution < -0.4 is 5.73 Å². The average molecular weight is 412 g/mol. The van der Waals surface area contributed by atoms with Crippen LogP contribution in [-0.2, 0) is 0 Å². The molecule has 13 heavy (non-hydrogen) atoms. The van der Waals surface area contributed by atoms with Crippen molar-refractivity contribution in [2.75, 3.05) is 5.73 Å². The maximum absolute atomic E-state index is 6.47. The first-order chi connectivity index (χ1) is 5.89. The van der Waals surface area contributed by atoms with Gasteiger partial charge >= 0.3 is 49.6 Å². The Labute approximate surface area is 104 Å². The van der Waals surface area contributed by atoms with Crippen LogP contribution in [-0.4, -0.2) is 18.5 Å². The van der Waals surface area contributed by atoms with Gasteiger partial charge in [0.2, 0.25) is 0 Å². The Morgan fingerprint density at radius 1 is 1.23 bits per heavy atom. The Morgan fingerprint density at radius 2 is 1.62 bits per heavy atom. The summed E-state index contributed by atoms with van der Waals surface area (Å²) in [7, 11) is 20.1. The molecule has 0 aromatic carbocycles. The summed E-state index contributed by atoms with van der Waals surface area (Å²) < 4.78 is 6.47. The number of anilines is 1. The van der Waals surface area contributed by atoms with E-state index in [0.29, 0.717) is 0 Å². The van der Waals surface area contributed by atoms with Gasteiger partial charge in [0.25, 0.3) is 0 Å². The molecular weight excluding hydrogens is 406 g/mol. The molecular formula is C4H6Cl5NOSSn. The van der Waals surface area contributed by atoms with Gasteiger partial charge in [0.15, 0.2) is 0 Å².